The number of nitrogens with zero attached hydrogens (tertiary/aromatic N) is 4. The lowest BCUT2D eigenvalue weighted by molar-refractivity contribution is -0.139. The molecule has 3 heterocycles. The minimum atomic E-state index is -4.61. The number of nitrogens with two attached hydrogens (primary N) is 1. The van der Waals surface area contributed by atoms with E-state index in [4.69, 9.17) is 10.5 Å². The van der Waals surface area contributed by atoms with E-state index < -0.39 is 87.2 Å². The van der Waals surface area contributed by atoms with Crippen molar-refractivity contribution in [1.82, 2.24) is 25.3 Å². The van der Waals surface area contributed by atoms with E-state index in [9.17, 15) is 67.2 Å². The second-order valence-electron chi connectivity index (χ2n) is 23.1. The predicted octanol–water partition coefficient (Wildman–Crippen LogP) is 8.27. The van der Waals surface area contributed by atoms with Gasteiger partial charge in [-0.3, -0.25) is 32.4 Å². The lowest BCUT2D eigenvalue weighted by Gasteiger charge is -2.28. The average Bonchev–Trinajstić information content (AvgIpc) is 1.60. The van der Waals surface area contributed by atoms with Crippen LogP contribution in [0.2, 0.25) is 0 Å². The number of amides is 1. The molecule has 1 amide bonds. The van der Waals surface area contributed by atoms with E-state index in [1.54, 1.807) is 54.6 Å². The van der Waals surface area contributed by atoms with Crippen LogP contribution in [0.3, 0.4) is 0 Å². The minimum Gasteiger partial charge on any atom is -0.768 e. The lowest BCUT2D eigenvalue weighted by atomic mass is 9.80. The number of rotatable bonds is 25. The summed E-state index contributed by atoms with van der Waals surface area (Å²) in [6.45, 7) is 8.17. The number of hydrogen-bond donors (Lipinski definition) is 8. The third kappa shape index (κ3) is 15.7. The Kier molecular flexibility index (Phi) is 19.6. The van der Waals surface area contributed by atoms with Gasteiger partial charge in [0.2, 0.25) is 5.95 Å². The first-order valence-corrected chi connectivity index (χ1v) is 34.4. The molecule has 0 saturated heterocycles. The highest BCUT2D eigenvalue weighted by molar-refractivity contribution is 7.86. The zero-order valence-electron chi connectivity index (χ0n) is 49.4. The van der Waals surface area contributed by atoms with Crippen molar-refractivity contribution in [2.45, 2.75) is 119 Å². The number of carbonyl (C=O) groups is 2. The number of unbranched alkanes of at least 4 members (excludes halogenated alkanes) is 2. The summed E-state index contributed by atoms with van der Waals surface area (Å²) in [5.41, 5.74) is 12.0. The molecule has 6 aromatic rings. The van der Waals surface area contributed by atoms with Gasteiger partial charge in [-0.05, 0) is 180 Å². The Morgan fingerprint density at radius 1 is 0.844 bits per heavy atom. The highest BCUT2D eigenvalue weighted by atomic mass is 32.2. The first-order chi connectivity index (χ1) is 42.4. The molecule has 0 radical (unpaired) electrons. The van der Waals surface area contributed by atoms with Crippen molar-refractivity contribution in [3.8, 4) is 5.75 Å². The highest BCUT2D eigenvalue weighted by Gasteiger charge is 2.41. The minimum absolute atomic E-state index is 0.0180. The molecule has 0 bridgehead atoms. The molecule has 9 N–H and O–H groups in total. The number of hydrogen-bond acceptors (Lipinski definition) is 18. The number of nitrogen functional groups attached to an aromatic ring is 1. The van der Waals surface area contributed by atoms with Crippen molar-refractivity contribution in [3.63, 3.8) is 0 Å². The Bertz CT molecular complexity index is 4430. The number of carbonyl (C=O) groups excluding carboxylic acids is 1. The molecule has 0 spiro atoms. The molecule has 0 saturated carbocycles. The smallest absolute Gasteiger partial charge is 0.326 e. The predicted molar refractivity (Wildman–Crippen MR) is 338 cm³/mol. The number of anilines is 3. The Morgan fingerprint density at radius 3 is 2.21 bits per heavy atom. The fourth-order valence-corrected chi connectivity index (χ4v) is 13.6. The summed E-state index contributed by atoms with van der Waals surface area (Å²) < 4.78 is 132. The summed E-state index contributed by atoms with van der Waals surface area (Å²) in [5.74, 6) is -2.07. The summed E-state index contributed by atoms with van der Waals surface area (Å²) >= 11 is -2.53. The van der Waals surface area contributed by atoms with Crippen LogP contribution in [0.15, 0.2) is 158 Å². The van der Waals surface area contributed by atoms with Gasteiger partial charge in [-0.15, -0.1) is 0 Å². The normalized spacial score (nSPS) is 17.3. The molecule has 2 atom stereocenters. The number of ether oxygens (including phenoxy) is 1. The summed E-state index contributed by atoms with van der Waals surface area (Å²) in [5, 5.41) is 16.1. The van der Waals surface area contributed by atoms with Crippen molar-refractivity contribution in [2.75, 3.05) is 34.0 Å². The second-order valence-corrected chi connectivity index (χ2v) is 28.6. The molecular formula is C62H67N8O16S4-. The van der Waals surface area contributed by atoms with E-state index in [1.165, 1.54) is 36.5 Å². The maximum Gasteiger partial charge on any atom is 0.326 e. The molecule has 0 fully saturated rings. The topological polar surface area (TPSA) is 392 Å². The van der Waals surface area contributed by atoms with Crippen LogP contribution in [-0.4, -0.2) is 109 Å². The molecule has 28 heteroatoms. The van der Waals surface area contributed by atoms with Crippen LogP contribution in [0.5, 0.6) is 5.75 Å². The molecule has 1 unspecified atom stereocenters. The maximum atomic E-state index is 13.5. The first-order valence-electron chi connectivity index (χ1n) is 28.6. The van der Waals surface area contributed by atoms with Gasteiger partial charge < -0.3 is 35.7 Å². The number of aromatic nitrogens is 4. The lowest BCUT2D eigenvalue weighted by Crippen LogP contribution is -2.42. The van der Waals surface area contributed by atoms with E-state index in [-0.39, 0.29) is 64.8 Å². The van der Waals surface area contributed by atoms with Gasteiger partial charge in [0, 0.05) is 51.3 Å². The monoisotopic (exact) mass is 1310 g/mol. The fourth-order valence-electron chi connectivity index (χ4n) is 11.5. The molecule has 90 heavy (non-hydrogen) atoms. The summed E-state index contributed by atoms with van der Waals surface area (Å²) in [6, 6.07) is 20.8. The zero-order chi connectivity index (χ0) is 65.1. The third-order valence-electron chi connectivity index (χ3n) is 16.1. The van der Waals surface area contributed by atoms with Crippen molar-refractivity contribution in [2.24, 2.45) is 0 Å². The standard InChI is InChI=1S/C62H68N8O16S4/c1-61(2)48(46(12-5-7-30-88(77,78)79)47-25-23-44(87(75)76)33-49(47)61)26-17-38-10-9-11-39(18-28-53-62(3,4)50-34-45(90(83,84)85)24-27-52(50)70(53)29-6-8-31-89(80,81)82)55(38)86-43-21-13-37(14-22-43)32-51(59(73)74)67-57(71)40-15-19-41(20-16-40)64-35-42-36-65-56-54(66-42)58(72)69-60(63)68-56/h13-28,33-34,36,51,64H,5-12,29-32,35H2,1-4H3,(H,67,71)(H,73,74)(H,75,76)(H,77,78,79)(H,80,81,82)(H,83,84,85)(H3,63,65,68,69,72)/p-1/b26-17+,39-18+,53-28+/t51-/m0/s1. The third-order valence-corrected chi connectivity index (χ3v) is 19.2. The summed E-state index contributed by atoms with van der Waals surface area (Å²) in [4.78, 5) is 55.1. The largest absolute Gasteiger partial charge is 0.768 e. The van der Waals surface area contributed by atoms with Crippen molar-refractivity contribution >= 4 is 87.4 Å². The Hall–Kier alpha value is -8.22. The number of benzene rings is 4. The number of nitrogens with one attached hydrogen (secondary N) is 3. The molecule has 3 aliphatic rings. The van der Waals surface area contributed by atoms with Gasteiger partial charge in [-0.1, -0.05) is 64.1 Å². The Labute approximate surface area is 522 Å². The number of fused-ring (bicyclic) bond motifs is 3. The van der Waals surface area contributed by atoms with Gasteiger partial charge in [-0.2, -0.15) is 30.2 Å². The Morgan fingerprint density at radius 2 is 1.54 bits per heavy atom. The van der Waals surface area contributed by atoms with Gasteiger partial charge in [-0.25, -0.2) is 14.8 Å². The van der Waals surface area contributed by atoms with Crippen LogP contribution in [-0.2, 0) is 70.0 Å². The maximum absolute atomic E-state index is 13.5. The van der Waals surface area contributed by atoms with Crippen molar-refractivity contribution < 1.29 is 67.1 Å². The fraction of sp³-hybridized carbons (Fsp3) is 0.323. The number of allylic oxidation sites excluding steroid dienone is 9. The number of carboxylic acids is 1. The zero-order valence-corrected chi connectivity index (χ0v) is 52.7. The number of aromatic amines is 1. The van der Waals surface area contributed by atoms with Gasteiger partial charge in [0.15, 0.2) is 11.2 Å². The molecule has 2 aliphatic carbocycles. The number of carboxylic acid groups (broad SMARTS) is 1. The molecule has 9 rings (SSSR count). The SMILES string of the molecule is CC1(C)C(/C=C/C2=C(Oc3ccc(C[C@H](NC(=O)c4ccc(NCc5cnc6nc(N)[nH]c(=O)c6n5)cc4)C(=O)O)cc3)C(=C/C=C3/N(CCCCS(=O)(=O)O)c4ccc(S(=O)(=O)O)cc4C3(C)C)/CCC2)=C(CCCCS(=O)(=O)O)c2ccc(S(=O)[O-])cc21. The Balaban J connectivity index is 1.02. The number of H-pyrrole nitrogens is 1. The van der Waals surface area contributed by atoms with Gasteiger partial charge in [0.1, 0.15) is 17.6 Å². The van der Waals surface area contributed by atoms with Crippen molar-refractivity contribution in [1.29, 1.82) is 0 Å². The highest BCUT2D eigenvalue weighted by Crippen LogP contribution is 2.51. The van der Waals surface area contributed by atoms with Gasteiger partial charge in [0.05, 0.1) is 34.8 Å². The van der Waals surface area contributed by atoms with Crippen LogP contribution in [0, 0.1) is 0 Å². The average molecular weight is 1310 g/mol. The molecule has 24 nitrogen and oxygen atoms in total. The molecular weight excluding hydrogens is 1240 g/mol. The number of aliphatic carboxylic acids is 1. The van der Waals surface area contributed by atoms with E-state index in [0.717, 1.165) is 33.4 Å². The van der Waals surface area contributed by atoms with Gasteiger partial charge >= 0.3 is 5.97 Å². The van der Waals surface area contributed by atoms with E-state index in [0.29, 0.717) is 83.9 Å². The van der Waals surface area contributed by atoms with Crippen LogP contribution in [0.4, 0.5) is 17.3 Å². The van der Waals surface area contributed by atoms with Crippen LogP contribution < -0.4 is 31.6 Å². The van der Waals surface area contributed by atoms with E-state index in [1.807, 2.05) is 56.9 Å². The summed E-state index contributed by atoms with van der Waals surface area (Å²) in [6.07, 6.45) is 12.1. The first kappa shape index (κ1) is 66.2. The van der Waals surface area contributed by atoms with Gasteiger partial charge in [0.25, 0.3) is 41.8 Å². The van der Waals surface area contributed by atoms with Crippen molar-refractivity contribution in [3.05, 3.63) is 187 Å². The van der Waals surface area contributed by atoms with Crippen LogP contribution in [0.1, 0.15) is 117 Å². The summed E-state index contributed by atoms with van der Waals surface area (Å²) in [7, 11) is -13.1. The quantitative estimate of drug-likeness (QED) is 0.0152. The van der Waals surface area contributed by atoms with Crippen LogP contribution >= 0.6 is 0 Å². The molecule has 2 aromatic heterocycles. The second kappa shape index (κ2) is 26.7. The van der Waals surface area contributed by atoms with E-state index >= 15 is 0 Å². The molecule has 4 aromatic carbocycles. The van der Waals surface area contributed by atoms with E-state index in [2.05, 4.69) is 30.6 Å². The van der Waals surface area contributed by atoms with Crippen LogP contribution in [0.25, 0.3) is 16.7 Å². The molecule has 1 aliphatic heterocycles. The molecule has 476 valence electrons.